The molecule has 0 fully saturated rings. The average molecular weight is 386 g/mol. The second kappa shape index (κ2) is 10.4. The van der Waals surface area contributed by atoms with E-state index in [9.17, 15) is 9.59 Å². The Kier molecular flexibility index (Phi) is 9.61. The predicted molar refractivity (Wildman–Crippen MR) is 110 cm³/mol. The largest absolute Gasteiger partial charge is 0.444 e. The Labute approximate surface area is 164 Å². The molecule has 158 valence electrons. The Hall–Kier alpha value is -1.99. The molecule has 8 nitrogen and oxygen atoms in total. The van der Waals surface area contributed by atoms with Crippen LogP contribution in [0, 0.1) is 5.92 Å². The van der Waals surface area contributed by atoms with Gasteiger partial charge >= 0.3 is 6.09 Å². The molecule has 0 aromatic carbocycles. The Balaban J connectivity index is 4.74. The number of hydrogen-bond donors (Lipinski definition) is 3. The van der Waals surface area contributed by atoms with Gasteiger partial charge in [-0.05, 0) is 47.5 Å². The van der Waals surface area contributed by atoms with Crippen LogP contribution in [0.5, 0.6) is 0 Å². The molecule has 3 N–H and O–H groups in total. The van der Waals surface area contributed by atoms with Crippen LogP contribution in [0.4, 0.5) is 4.79 Å². The van der Waals surface area contributed by atoms with Crippen LogP contribution in [-0.4, -0.2) is 67.2 Å². The number of nitrogens with zero attached hydrogens (tertiary/aromatic N) is 2. The highest BCUT2D eigenvalue weighted by Crippen LogP contribution is 2.08. The third kappa shape index (κ3) is 12.1. The molecule has 0 saturated heterocycles. The SMILES string of the molecule is CN=C(NCC(NC(=O)OC(C)(C)C)C(C)C)N(C)CC(=O)NC(C)(C)C. The number of hydrogen-bond acceptors (Lipinski definition) is 4. The lowest BCUT2D eigenvalue weighted by Crippen LogP contribution is -2.52. The lowest BCUT2D eigenvalue weighted by atomic mass is 10.0. The summed E-state index contributed by atoms with van der Waals surface area (Å²) >= 11 is 0. The van der Waals surface area contributed by atoms with E-state index in [2.05, 4.69) is 20.9 Å². The van der Waals surface area contributed by atoms with Gasteiger partial charge in [-0.15, -0.1) is 0 Å². The highest BCUT2D eigenvalue weighted by Gasteiger charge is 2.22. The lowest BCUT2D eigenvalue weighted by molar-refractivity contribution is -0.122. The smallest absolute Gasteiger partial charge is 0.407 e. The van der Waals surface area contributed by atoms with Crippen molar-refractivity contribution in [3.63, 3.8) is 0 Å². The second-order valence-corrected chi connectivity index (χ2v) is 9.08. The molecule has 0 saturated carbocycles. The van der Waals surface area contributed by atoms with Gasteiger partial charge in [0.1, 0.15) is 5.60 Å². The molecule has 0 aliphatic rings. The Morgan fingerprint density at radius 3 is 2.07 bits per heavy atom. The molecule has 8 heteroatoms. The fourth-order valence-electron chi connectivity index (χ4n) is 2.25. The van der Waals surface area contributed by atoms with Gasteiger partial charge in [0, 0.05) is 26.2 Å². The first-order valence-corrected chi connectivity index (χ1v) is 9.37. The first kappa shape index (κ1) is 25.0. The van der Waals surface area contributed by atoms with Crippen molar-refractivity contribution in [1.82, 2.24) is 20.9 Å². The number of rotatable bonds is 6. The second-order valence-electron chi connectivity index (χ2n) is 9.08. The van der Waals surface area contributed by atoms with Gasteiger partial charge in [-0.3, -0.25) is 9.79 Å². The normalized spacial score (nSPS) is 13.8. The minimum Gasteiger partial charge on any atom is -0.444 e. The monoisotopic (exact) mass is 385 g/mol. The summed E-state index contributed by atoms with van der Waals surface area (Å²) in [5.41, 5.74) is -0.829. The van der Waals surface area contributed by atoms with E-state index in [1.807, 2.05) is 55.4 Å². The molecule has 0 aliphatic heterocycles. The van der Waals surface area contributed by atoms with Crippen LogP contribution in [0.15, 0.2) is 4.99 Å². The first-order valence-electron chi connectivity index (χ1n) is 9.37. The Bertz CT molecular complexity index is 518. The molecule has 2 amide bonds. The van der Waals surface area contributed by atoms with Gasteiger partial charge < -0.3 is 25.6 Å². The molecule has 27 heavy (non-hydrogen) atoms. The van der Waals surface area contributed by atoms with Crippen molar-refractivity contribution in [2.75, 3.05) is 27.2 Å². The number of carbonyl (C=O) groups excluding carboxylic acids is 2. The van der Waals surface area contributed by atoms with Crippen LogP contribution in [0.2, 0.25) is 0 Å². The Morgan fingerprint density at radius 1 is 1.11 bits per heavy atom. The maximum absolute atomic E-state index is 12.1. The zero-order valence-corrected chi connectivity index (χ0v) is 18.7. The highest BCUT2D eigenvalue weighted by atomic mass is 16.6. The Morgan fingerprint density at radius 2 is 1.67 bits per heavy atom. The summed E-state index contributed by atoms with van der Waals surface area (Å²) in [6.45, 7) is 16.0. The van der Waals surface area contributed by atoms with Crippen LogP contribution in [0.1, 0.15) is 55.4 Å². The van der Waals surface area contributed by atoms with Crippen molar-refractivity contribution in [2.24, 2.45) is 10.9 Å². The van der Waals surface area contributed by atoms with Gasteiger partial charge in [-0.25, -0.2) is 4.79 Å². The summed E-state index contributed by atoms with van der Waals surface area (Å²) in [6, 6.07) is -0.145. The maximum Gasteiger partial charge on any atom is 0.407 e. The van der Waals surface area contributed by atoms with Crippen LogP contribution in [0.3, 0.4) is 0 Å². The first-order chi connectivity index (χ1) is 12.1. The molecule has 1 atom stereocenters. The van der Waals surface area contributed by atoms with Crippen LogP contribution >= 0.6 is 0 Å². The van der Waals surface area contributed by atoms with Crippen molar-refractivity contribution >= 4 is 18.0 Å². The van der Waals surface area contributed by atoms with Gasteiger partial charge in [0.15, 0.2) is 5.96 Å². The molecule has 0 aromatic heterocycles. The summed E-state index contributed by atoms with van der Waals surface area (Å²) in [5.74, 6) is 0.688. The minimum atomic E-state index is -0.546. The number of alkyl carbamates (subject to hydrolysis) is 1. The summed E-state index contributed by atoms with van der Waals surface area (Å²) in [5, 5.41) is 9.02. The summed E-state index contributed by atoms with van der Waals surface area (Å²) < 4.78 is 5.33. The number of nitrogens with one attached hydrogen (secondary N) is 3. The van der Waals surface area contributed by atoms with Crippen LogP contribution in [-0.2, 0) is 9.53 Å². The maximum atomic E-state index is 12.1. The lowest BCUT2D eigenvalue weighted by Gasteiger charge is -2.29. The molecular formula is C19H39N5O3. The molecular weight excluding hydrogens is 346 g/mol. The van der Waals surface area contributed by atoms with E-state index in [1.54, 1.807) is 19.0 Å². The number of guanidine groups is 1. The number of ether oxygens (including phenoxy) is 1. The van der Waals surface area contributed by atoms with Crippen molar-refractivity contribution in [2.45, 2.75) is 72.6 Å². The zero-order valence-electron chi connectivity index (χ0n) is 18.7. The summed E-state index contributed by atoms with van der Waals surface area (Å²) in [6.07, 6.45) is -0.448. The fourth-order valence-corrected chi connectivity index (χ4v) is 2.25. The molecule has 0 radical (unpaired) electrons. The molecule has 0 rings (SSSR count). The van der Waals surface area contributed by atoms with Gasteiger partial charge in [0.2, 0.25) is 5.91 Å². The molecule has 0 aliphatic carbocycles. The molecule has 0 heterocycles. The van der Waals surface area contributed by atoms with E-state index in [-0.39, 0.29) is 30.0 Å². The van der Waals surface area contributed by atoms with Crippen molar-refractivity contribution < 1.29 is 14.3 Å². The number of likely N-dealkylation sites (N-methyl/N-ethyl adjacent to an activating group) is 1. The summed E-state index contributed by atoms with van der Waals surface area (Å²) in [7, 11) is 3.45. The topological polar surface area (TPSA) is 95.1 Å². The van der Waals surface area contributed by atoms with E-state index in [0.29, 0.717) is 12.5 Å². The van der Waals surface area contributed by atoms with Crippen molar-refractivity contribution in [3.05, 3.63) is 0 Å². The number of amides is 2. The fraction of sp³-hybridized carbons (Fsp3) is 0.842. The minimum absolute atomic E-state index is 0.0831. The third-order valence-corrected chi connectivity index (χ3v) is 3.46. The predicted octanol–water partition coefficient (Wildman–Crippen LogP) is 1.96. The van der Waals surface area contributed by atoms with Gasteiger partial charge in [0.05, 0.1) is 12.6 Å². The quantitative estimate of drug-likeness (QED) is 0.480. The number of aliphatic imine (C=N–C) groups is 1. The van der Waals surface area contributed by atoms with Gasteiger partial charge in [0.25, 0.3) is 0 Å². The number of carbonyl (C=O) groups is 2. The van der Waals surface area contributed by atoms with Gasteiger partial charge in [-0.2, -0.15) is 0 Å². The molecule has 1 unspecified atom stereocenters. The highest BCUT2D eigenvalue weighted by molar-refractivity contribution is 5.86. The van der Waals surface area contributed by atoms with Crippen LogP contribution < -0.4 is 16.0 Å². The van der Waals surface area contributed by atoms with E-state index in [4.69, 9.17) is 4.74 Å². The van der Waals surface area contributed by atoms with Gasteiger partial charge in [-0.1, -0.05) is 13.8 Å². The van der Waals surface area contributed by atoms with E-state index < -0.39 is 11.7 Å². The van der Waals surface area contributed by atoms with Crippen molar-refractivity contribution in [3.8, 4) is 0 Å². The summed E-state index contributed by atoms with van der Waals surface area (Å²) in [4.78, 5) is 30.1. The average Bonchev–Trinajstić information content (AvgIpc) is 2.41. The van der Waals surface area contributed by atoms with E-state index in [0.717, 1.165) is 0 Å². The molecule has 0 spiro atoms. The van der Waals surface area contributed by atoms with E-state index in [1.165, 1.54) is 0 Å². The van der Waals surface area contributed by atoms with Crippen LogP contribution in [0.25, 0.3) is 0 Å². The van der Waals surface area contributed by atoms with Crippen molar-refractivity contribution in [1.29, 1.82) is 0 Å². The molecule has 0 bridgehead atoms. The van der Waals surface area contributed by atoms with E-state index >= 15 is 0 Å². The standard InChI is InChI=1S/C19H39N5O3/c1-13(2)14(22-17(26)27-19(6,7)8)11-21-16(20-9)24(10)12-15(25)23-18(3,4)5/h13-14H,11-12H2,1-10H3,(H,20,21)(H,22,26)(H,23,25). The zero-order chi connectivity index (χ0) is 21.4. The molecule has 0 aromatic rings. The third-order valence-electron chi connectivity index (χ3n) is 3.46.